The number of amides is 1. The highest BCUT2D eigenvalue weighted by molar-refractivity contribution is 6.05. The Bertz CT molecular complexity index is 776. The molecule has 6 nitrogen and oxygen atoms in total. The van der Waals surface area contributed by atoms with Gasteiger partial charge >= 0.3 is 5.97 Å². The van der Waals surface area contributed by atoms with E-state index < -0.39 is 5.97 Å². The van der Waals surface area contributed by atoms with Crippen LogP contribution < -0.4 is 5.32 Å². The quantitative estimate of drug-likeness (QED) is 0.873. The summed E-state index contributed by atoms with van der Waals surface area (Å²) >= 11 is 0. The number of nitrogens with one attached hydrogen (secondary N) is 1. The first-order valence-electron chi connectivity index (χ1n) is 8.68. The maximum atomic E-state index is 12.7. The number of carbonyl (C=O) groups excluding carboxylic acids is 1. The lowest BCUT2D eigenvalue weighted by atomic mass is 9.85. The van der Waals surface area contributed by atoms with E-state index >= 15 is 0 Å². The van der Waals surface area contributed by atoms with E-state index in [4.69, 9.17) is 5.11 Å². The average Bonchev–Trinajstić information content (AvgIpc) is 2.97. The fourth-order valence-electron chi connectivity index (χ4n) is 3.49. The van der Waals surface area contributed by atoms with Crippen molar-refractivity contribution in [1.29, 1.82) is 0 Å². The zero-order valence-electron chi connectivity index (χ0n) is 14.4. The summed E-state index contributed by atoms with van der Waals surface area (Å²) in [6, 6.07) is 6.95. The molecule has 25 heavy (non-hydrogen) atoms. The number of anilines is 1. The summed E-state index contributed by atoms with van der Waals surface area (Å²) in [6.07, 6.45) is 7.46. The fraction of sp³-hybridized carbons (Fsp3) is 0.421. The van der Waals surface area contributed by atoms with E-state index in [1.807, 2.05) is 7.05 Å². The largest absolute Gasteiger partial charge is 0.481 e. The fourth-order valence-corrected chi connectivity index (χ4v) is 3.49. The predicted molar refractivity (Wildman–Crippen MR) is 94.8 cm³/mol. The Morgan fingerprint density at radius 1 is 1.28 bits per heavy atom. The molecule has 1 amide bonds. The Hall–Kier alpha value is -2.63. The molecular formula is C19H23N3O3. The van der Waals surface area contributed by atoms with Crippen molar-refractivity contribution in [3.8, 4) is 0 Å². The van der Waals surface area contributed by atoms with E-state index in [1.54, 1.807) is 35.1 Å². The average molecular weight is 341 g/mol. The molecule has 1 heterocycles. The van der Waals surface area contributed by atoms with Gasteiger partial charge in [-0.1, -0.05) is 31.4 Å². The van der Waals surface area contributed by atoms with Crippen LogP contribution in [0.5, 0.6) is 0 Å². The van der Waals surface area contributed by atoms with Gasteiger partial charge in [-0.15, -0.1) is 0 Å². The Balaban J connectivity index is 1.78. The molecule has 0 aliphatic heterocycles. The van der Waals surface area contributed by atoms with E-state index in [1.165, 1.54) is 19.3 Å². The SMILES string of the molecule is Cn1cc(C(=O)Nc2cccc(CC(=O)O)c2)c(C2CCCCC2)n1. The highest BCUT2D eigenvalue weighted by Crippen LogP contribution is 2.33. The molecule has 1 saturated carbocycles. The van der Waals surface area contributed by atoms with Crippen LogP contribution in [0.15, 0.2) is 30.5 Å². The number of aromatic nitrogens is 2. The van der Waals surface area contributed by atoms with Crippen LogP contribution in [0, 0.1) is 0 Å². The number of rotatable bonds is 5. The van der Waals surface area contributed by atoms with Crippen molar-refractivity contribution < 1.29 is 14.7 Å². The summed E-state index contributed by atoms with van der Waals surface area (Å²) in [7, 11) is 1.83. The molecule has 132 valence electrons. The molecule has 1 aliphatic carbocycles. The van der Waals surface area contributed by atoms with E-state index in [-0.39, 0.29) is 12.3 Å². The number of carboxylic acids is 1. The monoisotopic (exact) mass is 341 g/mol. The van der Waals surface area contributed by atoms with Gasteiger partial charge in [-0.05, 0) is 30.5 Å². The smallest absolute Gasteiger partial charge is 0.307 e. The molecule has 3 rings (SSSR count). The van der Waals surface area contributed by atoms with Gasteiger partial charge in [0, 0.05) is 24.8 Å². The molecule has 0 unspecified atom stereocenters. The van der Waals surface area contributed by atoms with Gasteiger partial charge in [-0.3, -0.25) is 14.3 Å². The Kier molecular flexibility index (Phi) is 5.16. The van der Waals surface area contributed by atoms with Crippen LogP contribution in [0.1, 0.15) is 59.6 Å². The number of benzene rings is 1. The van der Waals surface area contributed by atoms with Gasteiger partial charge in [0.1, 0.15) is 0 Å². The third kappa shape index (κ3) is 4.26. The molecular weight excluding hydrogens is 318 g/mol. The minimum Gasteiger partial charge on any atom is -0.481 e. The molecule has 1 aromatic carbocycles. The van der Waals surface area contributed by atoms with Gasteiger partial charge in [0.05, 0.1) is 17.7 Å². The van der Waals surface area contributed by atoms with Crippen molar-refractivity contribution >= 4 is 17.6 Å². The molecule has 2 N–H and O–H groups in total. The lowest BCUT2D eigenvalue weighted by Gasteiger charge is -2.20. The number of carboxylic acid groups (broad SMARTS) is 1. The number of carbonyl (C=O) groups is 2. The van der Waals surface area contributed by atoms with Gasteiger partial charge in [0.25, 0.3) is 5.91 Å². The van der Waals surface area contributed by atoms with Crippen molar-refractivity contribution in [2.75, 3.05) is 5.32 Å². The third-order valence-corrected chi connectivity index (χ3v) is 4.63. The molecule has 0 bridgehead atoms. The summed E-state index contributed by atoms with van der Waals surface area (Å²) < 4.78 is 1.69. The number of aryl methyl sites for hydroxylation is 1. The maximum absolute atomic E-state index is 12.7. The Morgan fingerprint density at radius 2 is 2.04 bits per heavy atom. The summed E-state index contributed by atoms with van der Waals surface area (Å²) in [6.45, 7) is 0. The minimum absolute atomic E-state index is 0.0655. The van der Waals surface area contributed by atoms with Crippen molar-refractivity contribution in [3.05, 3.63) is 47.3 Å². The van der Waals surface area contributed by atoms with Crippen molar-refractivity contribution in [3.63, 3.8) is 0 Å². The molecule has 0 saturated heterocycles. The molecule has 1 fully saturated rings. The first-order chi connectivity index (χ1) is 12.0. The molecule has 0 spiro atoms. The topological polar surface area (TPSA) is 84.2 Å². The van der Waals surface area contributed by atoms with Crippen molar-refractivity contribution in [2.45, 2.75) is 44.4 Å². The third-order valence-electron chi connectivity index (χ3n) is 4.63. The van der Waals surface area contributed by atoms with E-state index in [9.17, 15) is 9.59 Å². The van der Waals surface area contributed by atoms with Crippen LogP contribution in [0.25, 0.3) is 0 Å². The van der Waals surface area contributed by atoms with E-state index in [0.717, 1.165) is 18.5 Å². The normalized spacial score (nSPS) is 15.1. The summed E-state index contributed by atoms with van der Waals surface area (Å²) in [5.74, 6) is -0.745. The zero-order chi connectivity index (χ0) is 17.8. The lowest BCUT2D eigenvalue weighted by molar-refractivity contribution is -0.136. The van der Waals surface area contributed by atoms with Crippen LogP contribution >= 0.6 is 0 Å². The van der Waals surface area contributed by atoms with Gasteiger partial charge in [-0.25, -0.2) is 0 Å². The second kappa shape index (κ2) is 7.51. The Morgan fingerprint density at radius 3 is 2.76 bits per heavy atom. The second-order valence-corrected chi connectivity index (χ2v) is 6.66. The summed E-state index contributed by atoms with van der Waals surface area (Å²) in [4.78, 5) is 23.6. The molecule has 6 heteroatoms. The predicted octanol–water partition coefficient (Wildman–Crippen LogP) is 3.35. The van der Waals surface area contributed by atoms with Gasteiger partial charge in [-0.2, -0.15) is 5.10 Å². The highest BCUT2D eigenvalue weighted by atomic mass is 16.4. The van der Waals surface area contributed by atoms with Gasteiger partial charge < -0.3 is 10.4 Å². The molecule has 1 aliphatic rings. The zero-order valence-corrected chi connectivity index (χ0v) is 14.4. The highest BCUT2D eigenvalue weighted by Gasteiger charge is 2.25. The second-order valence-electron chi connectivity index (χ2n) is 6.66. The number of hydrogen-bond acceptors (Lipinski definition) is 3. The standard InChI is InChI=1S/C19H23N3O3/c1-22-12-16(18(21-22)14-7-3-2-4-8-14)19(25)20-15-9-5-6-13(10-15)11-17(23)24/h5-6,9-10,12,14H,2-4,7-8,11H2,1H3,(H,20,25)(H,23,24). The van der Waals surface area contributed by atoms with Crippen LogP contribution in [0.2, 0.25) is 0 Å². The number of nitrogens with zero attached hydrogens (tertiary/aromatic N) is 2. The van der Waals surface area contributed by atoms with Crippen LogP contribution in [-0.4, -0.2) is 26.8 Å². The lowest BCUT2D eigenvalue weighted by Crippen LogP contribution is -2.16. The van der Waals surface area contributed by atoms with Crippen LogP contribution in [0.4, 0.5) is 5.69 Å². The van der Waals surface area contributed by atoms with Gasteiger partial charge in [0.15, 0.2) is 0 Å². The maximum Gasteiger partial charge on any atom is 0.307 e. The van der Waals surface area contributed by atoms with E-state index in [0.29, 0.717) is 22.7 Å². The van der Waals surface area contributed by atoms with Crippen molar-refractivity contribution in [1.82, 2.24) is 9.78 Å². The summed E-state index contributed by atoms with van der Waals surface area (Å²) in [5.41, 5.74) is 2.74. The Labute approximate surface area is 146 Å². The molecule has 2 aromatic rings. The minimum atomic E-state index is -0.893. The number of hydrogen-bond donors (Lipinski definition) is 2. The first kappa shape index (κ1) is 17.2. The summed E-state index contributed by atoms with van der Waals surface area (Å²) in [5, 5.41) is 16.3. The van der Waals surface area contributed by atoms with Crippen LogP contribution in [0.3, 0.4) is 0 Å². The first-order valence-corrected chi connectivity index (χ1v) is 8.68. The molecule has 1 aromatic heterocycles. The van der Waals surface area contributed by atoms with Crippen molar-refractivity contribution in [2.24, 2.45) is 7.05 Å². The van der Waals surface area contributed by atoms with E-state index in [2.05, 4.69) is 10.4 Å². The van der Waals surface area contributed by atoms with Gasteiger partial charge in [0.2, 0.25) is 0 Å². The number of aliphatic carboxylic acids is 1. The molecule has 0 radical (unpaired) electrons. The molecule has 0 atom stereocenters. The van der Waals surface area contributed by atoms with Crippen LogP contribution in [-0.2, 0) is 18.3 Å².